The van der Waals surface area contributed by atoms with Crippen LogP contribution in [0.4, 0.5) is 22.4 Å². The number of hydrogen-bond acceptors (Lipinski definition) is 2. The van der Waals surface area contributed by atoms with Gasteiger partial charge in [-0.15, -0.1) is 0 Å². The molecule has 5 nitrogen and oxygen atoms in total. The van der Waals surface area contributed by atoms with Crippen molar-refractivity contribution >= 4 is 11.9 Å². The van der Waals surface area contributed by atoms with Crippen LogP contribution in [0.1, 0.15) is 24.0 Å². The maximum Gasteiger partial charge on any atom is 0.416 e. The van der Waals surface area contributed by atoms with E-state index in [4.69, 9.17) is 5.73 Å². The second-order valence-corrected chi connectivity index (χ2v) is 5.64. The van der Waals surface area contributed by atoms with Crippen LogP contribution in [0.3, 0.4) is 0 Å². The van der Waals surface area contributed by atoms with E-state index in [2.05, 4.69) is 5.32 Å². The lowest BCUT2D eigenvalue weighted by atomic mass is 9.97. The first-order valence-electron chi connectivity index (χ1n) is 7.36. The molecule has 0 radical (unpaired) electrons. The van der Waals surface area contributed by atoms with Crippen molar-refractivity contribution in [1.29, 1.82) is 0 Å². The number of alkyl halides is 3. The van der Waals surface area contributed by atoms with E-state index in [1.54, 1.807) is 0 Å². The molecule has 1 heterocycles. The van der Waals surface area contributed by atoms with Crippen molar-refractivity contribution < 1.29 is 27.2 Å². The molecule has 3 N–H and O–H groups in total. The molecule has 0 saturated carbocycles. The Kier molecular flexibility index (Phi) is 5.30. The van der Waals surface area contributed by atoms with Gasteiger partial charge in [-0.25, -0.2) is 9.18 Å². The summed E-state index contributed by atoms with van der Waals surface area (Å²) in [5.74, 6) is -1.85. The van der Waals surface area contributed by atoms with E-state index in [1.165, 1.54) is 4.90 Å². The summed E-state index contributed by atoms with van der Waals surface area (Å²) in [6.07, 6.45) is -3.55. The molecule has 1 aliphatic heterocycles. The molecule has 1 aromatic rings. The number of nitrogens with two attached hydrogens (primary N) is 1. The summed E-state index contributed by atoms with van der Waals surface area (Å²) in [6, 6.07) is 1.48. The largest absolute Gasteiger partial charge is 0.416 e. The van der Waals surface area contributed by atoms with Crippen LogP contribution in [0.25, 0.3) is 0 Å². The highest BCUT2D eigenvalue weighted by molar-refractivity contribution is 5.80. The van der Waals surface area contributed by atoms with Crippen LogP contribution in [-0.2, 0) is 17.5 Å². The van der Waals surface area contributed by atoms with Crippen LogP contribution in [-0.4, -0.2) is 29.9 Å². The number of carbonyl (C=O) groups is 2. The number of hydrogen-bond donors (Lipinski definition) is 2. The smallest absolute Gasteiger partial charge is 0.352 e. The molecule has 0 aromatic heterocycles. The average molecular weight is 347 g/mol. The van der Waals surface area contributed by atoms with Gasteiger partial charge < -0.3 is 16.0 Å². The van der Waals surface area contributed by atoms with E-state index in [9.17, 15) is 27.2 Å². The van der Waals surface area contributed by atoms with Crippen molar-refractivity contribution in [3.63, 3.8) is 0 Å². The fourth-order valence-corrected chi connectivity index (χ4v) is 2.70. The standard InChI is InChI=1S/C15H17F4N3O2/c16-11-3-4-12(15(17,18)19)10(6-11)7-21-13(23)9-2-1-5-22(8-9)14(20)24/h3-4,6,9H,1-2,5,7-8H2,(H2,20,24)(H,21,23)/t9-/m1/s1. The van der Waals surface area contributed by atoms with Gasteiger partial charge in [0.05, 0.1) is 11.5 Å². The quantitative estimate of drug-likeness (QED) is 0.823. The number of benzene rings is 1. The number of nitrogens with zero attached hydrogens (tertiary/aromatic N) is 1. The predicted molar refractivity (Wildman–Crippen MR) is 77.1 cm³/mol. The van der Waals surface area contributed by atoms with Crippen molar-refractivity contribution in [1.82, 2.24) is 10.2 Å². The molecule has 9 heteroatoms. The molecule has 1 atom stereocenters. The number of carbonyl (C=O) groups excluding carboxylic acids is 2. The first kappa shape index (κ1) is 18.0. The highest BCUT2D eigenvalue weighted by atomic mass is 19.4. The van der Waals surface area contributed by atoms with Gasteiger partial charge in [-0.05, 0) is 36.6 Å². The zero-order valence-electron chi connectivity index (χ0n) is 12.7. The van der Waals surface area contributed by atoms with Crippen molar-refractivity contribution in [3.05, 3.63) is 35.1 Å². The van der Waals surface area contributed by atoms with Crippen LogP contribution < -0.4 is 11.1 Å². The second kappa shape index (κ2) is 7.06. The molecule has 0 spiro atoms. The van der Waals surface area contributed by atoms with Gasteiger partial charge in [-0.3, -0.25) is 4.79 Å². The number of halogens is 4. The molecule has 0 unspecified atom stereocenters. The summed E-state index contributed by atoms with van der Waals surface area (Å²) in [6.45, 7) is 0.121. The summed E-state index contributed by atoms with van der Waals surface area (Å²) in [4.78, 5) is 24.6. The molecule has 24 heavy (non-hydrogen) atoms. The van der Waals surface area contributed by atoms with Crippen molar-refractivity contribution in [2.45, 2.75) is 25.6 Å². The van der Waals surface area contributed by atoms with Gasteiger partial charge in [-0.1, -0.05) is 0 Å². The van der Waals surface area contributed by atoms with Crippen LogP contribution in [0.15, 0.2) is 18.2 Å². The van der Waals surface area contributed by atoms with Gasteiger partial charge in [-0.2, -0.15) is 13.2 Å². The molecule has 1 aromatic carbocycles. The van der Waals surface area contributed by atoms with Crippen LogP contribution >= 0.6 is 0 Å². The lowest BCUT2D eigenvalue weighted by Crippen LogP contribution is -2.47. The summed E-state index contributed by atoms with van der Waals surface area (Å²) in [5, 5.41) is 2.38. The van der Waals surface area contributed by atoms with E-state index in [0.717, 1.165) is 12.1 Å². The third kappa shape index (κ3) is 4.36. The molecule has 0 bridgehead atoms. The van der Waals surface area contributed by atoms with Gasteiger partial charge >= 0.3 is 12.2 Å². The lowest BCUT2D eigenvalue weighted by molar-refractivity contribution is -0.138. The summed E-state index contributed by atoms with van der Waals surface area (Å²) < 4.78 is 51.9. The van der Waals surface area contributed by atoms with E-state index < -0.39 is 42.0 Å². The minimum atomic E-state index is -4.64. The van der Waals surface area contributed by atoms with Crippen molar-refractivity contribution in [3.8, 4) is 0 Å². The SMILES string of the molecule is NC(=O)N1CCC[C@@H](C(=O)NCc2cc(F)ccc2C(F)(F)F)C1. The van der Waals surface area contributed by atoms with Crippen LogP contribution in [0.2, 0.25) is 0 Å². The van der Waals surface area contributed by atoms with E-state index in [0.29, 0.717) is 25.5 Å². The van der Waals surface area contributed by atoms with Crippen LogP contribution in [0.5, 0.6) is 0 Å². The number of nitrogens with one attached hydrogen (secondary N) is 1. The average Bonchev–Trinajstić information content (AvgIpc) is 2.51. The number of amides is 3. The van der Waals surface area contributed by atoms with E-state index in [1.807, 2.05) is 0 Å². The van der Waals surface area contributed by atoms with Crippen LogP contribution in [0, 0.1) is 11.7 Å². The molecule has 3 amide bonds. The van der Waals surface area contributed by atoms with Gasteiger partial charge in [0.2, 0.25) is 5.91 Å². The van der Waals surface area contributed by atoms with Gasteiger partial charge in [0.25, 0.3) is 0 Å². The Morgan fingerprint density at radius 2 is 2.04 bits per heavy atom. The molecule has 132 valence electrons. The number of urea groups is 1. The third-order valence-electron chi connectivity index (χ3n) is 3.93. The number of likely N-dealkylation sites (tertiary alicyclic amines) is 1. The van der Waals surface area contributed by atoms with Gasteiger partial charge in [0.1, 0.15) is 5.82 Å². The van der Waals surface area contributed by atoms with Crippen molar-refractivity contribution in [2.24, 2.45) is 11.7 Å². The Balaban J connectivity index is 2.04. The highest BCUT2D eigenvalue weighted by Gasteiger charge is 2.34. The molecule has 1 saturated heterocycles. The summed E-state index contributed by atoms with van der Waals surface area (Å²) in [5.41, 5.74) is 3.82. The highest BCUT2D eigenvalue weighted by Crippen LogP contribution is 2.32. The predicted octanol–water partition coefficient (Wildman–Crippen LogP) is 2.25. The topological polar surface area (TPSA) is 75.4 Å². The second-order valence-electron chi connectivity index (χ2n) is 5.64. The Hall–Kier alpha value is -2.32. The normalized spacial score (nSPS) is 18.3. The zero-order chi connectivity index (χ0) is 17.9. The molecule has 2 rings (SSSR count). The molecule has 0 aliphatic carbocycles. The minimum Gasteiger partial charge on any atom is -0.352 e. The first-order chi connectivity index (χ1) is 11.2. The lowest BCUT2D eigenvalue weighted by Gasteiger charge is -2.30. The minimum absolute atomic E-state index is 0.121. The molecular weight excluding hydrogens is 330 g/mol. The fraction of sp³-hybridized carbons (Fsp3) is 0.467. The molecule has 1 aliphatic rings. The third-order valence-corrected chi connectivity index (χ3v) is 3.93. The molecular formula is C15H17F4N3O2. The maximum absolute atomic E-state index is 13.2. The van der Waals surface area contributed by atoms with Crippen molar-refractivity contribution in [2.75, 3.05) is 13.1 Å². The summed E-state index contributed by atoms with van der Waals surface area (Å²) >= 11 is 0. The Bertz CT molecular complexity index is 634. The Morgan fingerprint density at radius 1 is 1.33 bits per heavy atom. The maximum atomic E-state index is 13.2. The van der Waals surface area contributed by atoms with Gasteiger partial charge in [0, 0.05) is 19.6 Å². The van der Waals surface area contributed by atoms with Gasteiger partial charge in [0.15, 0.2) is 0 Å². The number of rotatable bonds is 3. The number of piperidine rings is 1. The zero-order valence-corrected chi connectivity index (χ0v) is 12.7. The first-order valence-corrected chi connectivity index (χ1v) is 7.36. The Morgan fingerprint density at radius 3 is 2.67 bits per heavy atom. The summed E-state index contributed by atoms with van der Waals surface area (Å²) in [7, 11) is 0. The monoisotopic (exact) mass is 347 g/mol. The Labute approximate surface area is 135 Å². The number of primary amides is 1. The van der Waals surface area contributed by atoms with E-state index in [-0.39, 0.29) is 12.1 Å². The fourth-order valence-electron chi connectivity index (χ4n) is 2.70. The molecule has 1 fully saturated rings. The van der Waals surface area contributed by atoms with E-state index >= 15 is 0 Å².